The lowest BCUT2D eigenvalue weighted by molar-refractivity contribution is 0.0992. The van der Waals surface area contributed by atoms with Crippen LogP contribution in [0.15, 0.2) is 39.0 Å². The number of carbonyl (C=O) groups excluding carboxylic acids is 1. The minimum absolute atomic E-state index is 0.152. The van der Waals surface area contributed by atoms with Gasteiger partial charge in [-0.2, -0.15) is 0 Å². The molecular formula is C18H20N6O3S. The molecule has 9 nitrogen and oxygen atoms in total. The molecular weight excluding hydrogens is 380 g/mol. The van der Waals surface area contributed by atoms with Crippen molar-refractivity contribution in [1.82, 2.24) is 24.3 Å². The zero-order valence-corrected chi connectivity index (χ0v) is 16.7. The molecule has 0 aliphatic carbocycles. The van der Waals surface area contributed by atoms with E-state index in [2.05, 4.69) is 15.2 Å². The average Bonchev–Trinajstić information content (AvgIpc) is 3.13. The van der Waals surface area contributed by atoms with Crippen LogP contribution in [-0.2, 0) is 14.1 Å². The summed E-state index contributed by atoms with van der Waals surface area (Å²) in [6.07, 6.45) is 0. The number of aryl methyl sites for hydroxylation is 1. The maximum Gasteiger partial charge on any atom is 0.332 e. The van der Waals surface area contributed by atoms with E-state index in [0.29, 0.717) is 11.0 Å². The van der Waals surface area contributed by atoms with Crippen LogP contribution in [0.3, 0.4) is 0 Å². The number of aromatic amines is 1. The topological polar surface area (TPSA) is 129 Å². The molecule has 0 saturated carbocycles. The SMILES string of the molecule is Cc1ccc(-c2nc(S[C@H](C)C(=O)c3c(N)n(C)c(=O)n(C)c3=O)n[nH]2)cc1. The van der Waals surface area contributed by atoms with Crippen molar-refractivity contribution in [2.24, 2.45) is 14.1 Å². The van der Waals surface area contributed by atoms with Crippen LogP contribution in [0.2, 0.25) is 0 Å². The summed E-state index contributed by atoms with van der Waals surface area (Å²) in [5.41, 5.74) is 6.36. The number of nitrogen functional groups attached to an aromatic ring is 1. The van der Waals surface area contributed by atoms with Crippen molar-refractivity contribution in [3.63, 3.8) is 0 Å². The number of nitrogens with zero attached hydrogens (tertiary/aromatic N) is 4. The third-order valence-corrected chi connectivity index (χ3v) is 5.36. The van der Waals surface area contributed by atoms with Crippen molar-refractivity contribution in [1.29, 1.82) is 0 Å². The fourth-order valence-electron chi connectivity index (χ4n) is 2.65. The molecule has 1 aromatic carbocycles. The second-order valence-corrected chi connectivity index (χ2v) is 7.73. The normalized spacial score (nSPS) is 12.1. The molecule has 146 valence electrons. The highest BCUT2D eigenvalue weighted by atomic mass is 32.2. The smallest absolute Gasteiger partial charge is 0.332 e. The van der Waals surface area contributed by atoms with Crippen molar-refractivity contribution in [3.05, 3.63) is 56.2 Å². The molecule has 3 rings (SSSR count). The lowest BCUT2D eigenvalue weighted by Gasteiger charge is -2.13. The Morgan fingerprint density at radius 3 is 2.46 bits per heavy atom. The zero-order chi connectivity index (χ0) is 20.6. The Hall–Kier alpha value is -3.14. The van der Waals surface area contributed by atoms with Crippen molar-refractivity contribution >= 4 is 23.4 Å². The predicted octanol–water partition coefficient (Wildman–Crippen LogP) is 1.12. The average molecular weight is 400 g/mol. The van der Waals surface area contributed by atoms with Crippen LogP contribution in [0.1, 0.15) is 22.8 Å². The molecule has 0 amide bonds. The number of benzene rings is 1. The minimum Gasteiger partial charge on any atom is -0.384 e. The van der Waals surface area contributed by atoms with E-state index in [0.717, 1.165) is 32.0 Å². The van der Waals surface area contributed by atoms with E-state index < -0.39 is 22.3 Å². The monoisotopic (exact) mass is 400 g/mol. The summed E-state index contributed by atoms with van der Waals surface area (Å²) in [6, 6.07) is 7.78. The standard InChI is InChI=1S/C18H20N6O3S/c1-9-5-7-11(8-6-9)15-20-17(22-21-15)28-10(2)13(25)12-14(19)23(3)18(27)24(4)16(12)26/h5-8,10H,19H2,1-4H3,(H,20,21,22)/t10-/m1/s1. The molecule has 0 bridgehead atoms. The molecule has 0 aliphatic rings. The fraction of sp³-hybridized carbons (Fsp3) is 0.278. The van der Waals surface area contributed by atoms with Gasteiger partial charge in [-0.15, -0.1) is 5.10 Å². The number of rotatable bonds is 5. The maximum absolute atomic E-state index is 12.8. The highest BCUT2D eigenvalue weighted by Crippen LogP contribution is 2.25. The highest BCUT2D eigenvalue weighted by Gasteiger charge is 2.26. The third kappa shape index (κ3) is 3.50. The number of Topliss-reactive ketones (excluding diaryl/α,β-unsaturated/α-hetero) is 1. The number of anilines is 1. The largest absolute Gasteiger partial charge is 0.384 e. The molecule has 2 aromatic heterocycles. The molecule has 3 N–H and O–H groups in total. The van der Waals surface area contributed by atoms with Crippen LogP contribution in [0, 0.1) is 6.92 Å². The summed E-state index contributed by atoms with van der Waals surface area (Å²) in [7, 11) is 2.72. The first kappa shape index (κ1) is 19.6. The van der Waals surface area contributed by atoms with Gasteiger partial charge in [0, 0.05) is 19.7 Å². The van der Waals surface area contributed by atoms with Crippen molar-refractivity contribution in [2.75, 3.05) is 5.73 Å². The van der Waals surface area contributed by atoms with E-state index in [1.807, 2.05) is 31.2 Å². The van der Waals surface area contributed by atoms with Gasteiger partial charge in [0.1, 0.15) is 11.4 Å². The van der Waals surface area contributed by atoms with Gasteiger partial charge in [0.05, 0.1) is 5.25 Å². The fourth-order valence-corrected chi connectivity index (χ4v) is 3.43. The van der Waals surface area contributed by atoms with Crippen molar-refractivity contribution < 1.29 is 4.79 Å². The van der Waals surface area contributed by atoms with Gasteiger partial charge in [-0.05, 0) is 13.8 Å². The second kappa shape index (κ2) is 7.47. The van der Waals surface area contributed by atoms with Gasteiger partial charge in [-0.25, -0.2) is 9.78 Å². The van der Waals surface area contributed by atoms with Crippen molar-refractivity contribution in [3.8, 4) is 11.4 Å². The van der Waals surface area contributed by atoms with Gasteiger partial charge < -0.3 is 5.73 Å². The number of hydrogen-bond acceptors (Lipinski definition) is 7. The molecule has 28 heavy (non-hydrogen) atoms. The number of aromatic nitrogens is 5. The Morgan fingerprint density at radius 2 is 1.82 bits per heavy atom. The number of nitrogens with one attached hydrogen (secondary N) is 1. The number of H-pyrrole nitrogens is 1. The Labute approximate surface area is 164 Å². The van der Waals surface area contributed by atoms with Crippen LogP contribution in [0.4, 0.5) is 5.82 Å². The molecule has 0 radical (unpaired) electrons. The second-order valence-electron chi connectivity index (χ2n) is 6.42. The summed E-state index contributed by atoms with van der Waals surface area (Å²) >= 11 is 1.10. The quantitative estimate of drug-likeness (QED) is 0.485. The van der Waals surface area contributed by atoms with E-state index in [4.69, 9.17) is 5.73 Å². The Kier molecular flexibility index (Phi) is 5.23. The van der Waals surface area contributed by atoms with Gasteiger partial charge >= 0.3 is 5.69 Å². The maximum atomic E-state index is 12.8. The van der Waals surface area contributed by atoms with E-state index in [1.165, 1.54) is 14.1 Å². The number of ketones is 1. The lowest BCUT2D eigenvalue weighted by atomic mass is 10.1. The Morgan fingerprint density at radius 1 is 1.18 bits per heavy atom. The van der Waals surface area contributed by atoms with Gasteiger partial charge in [-0.1, -0.05) is 41.6 Å². The first-order chi connectivity index (χ1) is 13.2. The number of carbonyl (C=O) groups is 1. The molecule has 0 saturated heterocycles. The van der Waals surface area contributed by atoms with Crippen LogP contribution in [0.25, 0.3) is 11.4 Å². The number of nitrogens with two attached hydrogens (primary N) is 1. The predicted molar refractivity (Wildman–Crippen MR) is 108 cm³/mol. The van der Waals surface area contributed by atoms with Gasteiger partial charge in [0.2, 0.25) is 5.16 Å². The Balaban J connectivity index is 1.86. The summed E-state index contributed by atoms with van der Waals surface area (Å²) in [5, 5.41) is 6.67. The molecule has 3 aromatic rings. The molecule has 0 fully saturated rings. The van der Waals surface area contributed by atoms with E-state index in [9.17, 15) is 14.4 Å². The molecule has 2 heterocycles. The Bertz CT molecular complexity index is 1160. The summed E-state index contributed by atoms with van der Waals surface area (Å²) in [4.78, 5) is 41.5. The van der Waals surface area contributed by atoms with E-state index in [1.54, 1.807) is 6.92 Å². The summed E-state index contributed by atoms with van der Waals surface area (Å²) in [6.45, 7) is 3.63. The lowest BCUT2D eigenvalue weighted by Crippen LogP contribution is -2.42. The van der Waals surface area contributed by atoms with Gasteiger partial charge in [-0.3, -0.25) is 23.8 Å². The molecule has 0 spiro atoms. The molecule has 0 aliphatic heterocycles. The third-order valence-electron chi connectivity index (χ3n) is 4.40. The minimum atomic E-state index is -0.714. The van der Waals surface area contributed by atoms with Crippen molar-refractivity contribution in [2.45, 2.75) is 24.3 Å². The van der Waals surface area contributed by atoms with Crippen LogP contribution < -0.4 is 17.0 Å². The van der Waals surface area contributed by atoms with Gasteiger partial charge in [0.25, 0.3) is 5.56 Å². The molecule has 0 unspecified atom stereocenters. The summed E-state index contributed by atoms with van der Waals surface area (Å²) < 4.78 is 1.94. The molecule has 1 atom stereocenters. The zero-order valence-electron chi connectivity index (χ0n) is 15.9. The number of hydrogen-bond donors (Lipinski definition) is 2. The summed E-state index contributed by atoms with van der Waals surface area (Å²) in [5.74, 6) is -0.0547. The van der Waals surface area contributed by atoms with Crippen LogP contribution in [0.5, 0.6) is 0 Å². The van der Waals surface area contributed by atoms with E-state index >= 15 is 0 Å². The highest BCUT2D eigenvalue weighted by molar-refractivity contribution is 8.00. The van der Waals surface area contributed by atoms with Gasteiger partial charge in [0.15, 0.2) is 11.6 Å². The number of thioether (sulfide) groups is 1. The van der Waals surface area contributed by atoms with Crippen LogP contribution >= 0.6 is 11.8 Å². The molecule has 10 heteroatoms. The first-order valence-electron chi connectivity index (χ1n) is 8.46. The van der Waals surface area contributed by atoms with Crippen LogP contribution in [-0.4, -0.2) is 35.3 Å². The first-order valence-corrected chi connectivity index (χ1v) is 9.34. The van der Waals surface area contributed by atoms with E-state index in [-0.39, 0.29) is 11.4 Å².